The molecule has 104 valence electrons. The molecule has 3 nitrogen and oxygen atoms in total. The highest BCUT2D eigenvalue weighted by atomic mass is 19.4. The van der Waals surface area contributed by atoms with E-state index in [2.05, 4.69) is 4.98 Å². The summed E-state index contributed by atoms with van der Waals surface area (Å²) in [5, 5.41) is 8.78. The molecule has 0 aliphatic rings. The lowest BCUT2D eigenvalue weighted by Crippen LogP contribution is -2.09. The second-order valence-electron chi connectivity index (χ2n) is 3.87. The van der Waals surface area contributed by atoms with Crippen molar-refractivity contribution in [2.24, 2.45) is 0 Å². The van der Waals surface area contributed by atoms with Gasteiger partial charge >= 0.3 is 12.1 Å². The monoisotopic (exact) mass is 285 g/mol. The Morgan fingerprint density at radius 3 is 2.40 bits per heavy atom. The van der Waals surface area contributed by atoms with E-state index in [1.165, 1.54) is 6.07 Å². The number of hydrogen-bond acceptors (Lipinski definition) is 2. The Labute approximate surface area is 110 Å². The lowest BCUT2D eigenvalue weighted by molar-refractivity contribution is -0.137. The quantitative estimate of drug-likeness (QED) is 0.858. The first-order chi connectivity index (χ1) is 9.32. The Balaban J connectivity index is 2.70. The summed E-state index contributed by atoms with van der Waals surface area (Å²) in [7, 11) is 0. The van der Waals surface area contributed by atoms with Crippen LogP contribution >= 0.6 is 0 Å². The molecule has 0 radical (unpaired) electrons. The van der Waals surface area contributed by atoms with Crippen molar-refractivity contribution in [3.05, 3.63) is 53.5 Å². The molecule has 0 aliphatic carbocycles. The Morgan fingerprint density at radius 1 is 1.15 bits per heavy atom. The van der Waals surface area contributed by atoms with E-state index in [9.17, 15) is 22.4 Å². The Kier molecular flexibility index (Phi) is 3.44. The van der Waals surface area contributed by atoms with Crippen molar-refractivity contribution >= 4 is 5.97 Å². The van der Waals surface area contributed by atoms with Gasteiger partial charge in [-0.3, -0.25) is 4.98 Å². The predicted molar refractivity (Wildman–Crippen MR) is 61.6 cm³/mol. The SMILES string of the molecule is O=C(O)c1ccnc(-c2ccccc2C(F)(F)F)c1F. The summed E-state index contributed by atoms with van der Waals surface area (Å²) in [6.07, 6.45) is -3.74. The van der Waals surface area contributed by atoms with Crippen LogP contribution in [-0.2, 0) is 6.18 Å². The summed E-state index contributed by atoms with van der Waals surface area (Å²) < 4.78 is 52.5. The summed E-state index contributed by atoms with van der Waals surface area (Å²) >= 11 is 0. The van der Waals surface area contributed by atoms with Gasteiger partial charge in [-0.05, 0) is 12.1 Å². The van der Waals surface area contributed by atoms with Crippen LogP contribution in [0.3, 0.4) is 0 Å². The van der Waals surface area contributed by atoms with Crippen molar-refractivity contribution in [2.75, 3.05) is 0 Å². The van der Waals surface area contributed by atoms with Crippen molar-refractivity contribution < 1.29 is 27.5 Å². The van der Waals surface area contributed by atoms with E-state index < -0.39 is 40.3 Å². The average Bonchev–Trinajstić information content (AvgIpc) is 2.37. The number of halogens is 4. The maximum absolute atomic E-state index is 14.0. The molecular formula is C13H7F4NO2. The van der Waals surface area contributed by atoms with E-state index in [1.807, 2.05) is 0 Å². The highest BCUT2D eigenvalue weighted by Gasteiger charge is 2.34. The third-order valence-corrected chi connectivity index (χ3v) is 2.61. The number of alkyl halides is 3. The zero-order chi connectivity index (χ0) is 14.9. The van der Waals surface area contributed by atoms with Gasteiger partial charge in [-0.1, -0.05) is 18.2 Å². The van der Waals surface area contributed by atoms with Crippen LogP contribution < -0.4 is 0 Å². The highest BCUT2D eigenvalue weighted by Crippen LogP contribution is 2.37. The number of carboxylic acid groups (broad SMARTS) is 1. The molecule has 0 aliphatic heterocycles. The van der Waals surface area contributed by atoms with Crippen LogP contribution in [0.1, 0.15) is 15.9 Å². The van der Waals surface area contributed by atoms with Crippen molar-refractivity contribution in [1.82, 2.24) is 4.98 Å². The molecule has 0 amide bonds. The number of carboxylic acids is 1. The summed E-state index contributed by atoms with van der Waals surface area (Å²) in [4.78, 5) is 14.3. The van der Waals surface area contributed by atoms with Gasteiger partial charge < -0.3 is 5.11 Å². The molecule has 0 spiro atoms. The molecule has 1 aromatic carbocycles. The standard InChI is InChI=1S/C13H7F4NO2/c14-10-8(12(19)20)5-6-18-11(10)7-3-1-2-4-9(7)13(15,16)17/h1-6H,(H,19,20). The first-order valence-corrected chi connectivity index (χ1v) is 5.36. The number of benzene rings is 1. The number of aromatic nitrogens is 1. The molecule has 0 atom stereocenters. The maximum Gasteiger partial charge on any atom is 0.417 e. The minimum Gasteiger partial charge on any atom is -0.478 e. The highest BCUT2D eigenvalue weighted by molar-refractivity contribution is 5.89. The largest absolute Gasteiger partial charge is 0.478 e. The van der Waals surface area contributed by atoms with Crippen LogP contribution in [-0.4, -0.2) is 16.1 Å². The maximum atomic E-state index is 14.0. The van der Waals surface area contributed by atoms with Crippen molar-refractivity contribution in [3.8, 4) is 11.3 Å². The molecule has 0 fully saturated rings. The molecule has 1 aromatic heterocycles. The molecule has 0 bridgehead atoms. The normalized spacial score (nSPS) is 11.4. The van der Waals surface area contributed by atoms with E-state index in [0.717, 1.165) is 30.5 Å². The van der Waals surface area contributed by atoms with Crippen molar-refractivity contribution in [1.29, 1.82) is 0 Å². The number of rotatable bonds is 2. The fraction of sp³-hybridized carbons (Fsp3) is 0.0769. The van der Waals surface area contributed by atoms with Crippen LogP contribution in [0.25, 0.3) is 11.3 Å². The third-order valence-electron chi connectivity index (χ3n) is 2.61. The van der Waals surface area contributed by atoms with Gasteiger partial charge in [0.05, 0.1) is 11.1 Å². The van der Waals surface area contributed by atoms with Crippen molar-refractivity contribution in [2.45, 2.75) is 6.18 Å². The molecule has 20 heavy (non-hydrogen) atoms. The predicted octanol–water partition coefficient (Wildman–Crippen LogP) is 3.60. The lowest BCUT2D eigenvalue weighted by atomic mass is 10.0. The zero-order valence-electron chi connectivity index (χ0n) is 9.78. The Morgan fingerprint density at radius 2 is 1.80 bits per heavy atom. The van der Waals surface area contributed by atoms with Crippen LogP contribution in [0.4, 0.5) is 17.6 Å². The van der Waals surface area contributed by atoms with Crippen molar-refractivity contribution in [3.63, 3.8) is 0 Å². The fourth-order valence-electron chi connectivity index (χ4n) is 1.73. The summed E-state index contributed by atoms with van der Waals surface area (Å²) in [6, 6.07) is 5.16. The third kappa shape index (κ3) is 2.47. The Hall–Kier alpha value is -2.44. The number of hydrogen-bond donors (Lipinski definition) is 1. The van der Waals surface area contributed by atoms with Gasteiger partial charge in [-0.2, -0.15) is 13.2 Å². The number of nitrogens with zero attached hydrogens (tertiary/aromatic N) is 1. The van der Waals surface area contributed by atoms with Crippen LogP contribution in [0.15, 0.2) is 36.5 Å². The van der Waals surface area contributed by atoms with Gasteiger partial charge in [0.1, 0.15) is 5.69 Å². The fourth-order valence-corrected chi connectivity index (χ4v) is 1.73. The second kappa shape index (κ2) is 4.92. The van der Waals surface area contributed by atoms with E-state index in [0.29, 0.717) is 0 Å². The van der Waals surface area contributed by atoms with E-state index >= 15 is 0 Å². The lowest BCUT2D eigenvalue weighted by Gasteiger charge is -2.13. The van der Waals surface area contributed by atoms with E-state index in [1.54, 1.807) is 0 Å². The second-order valence-corrected chi connectivity index (χ2v) is 3.87. The Bertz CT molecular complexity index is 668. The van der Waals surface area contributed by atoms with Gasteiger partial charge in [0.15, 0.2) is 5.82 Å². The van der Waals surface area contributed by atoms with Gasteiger partial charge in [-0.25, -0.2) is 9.18 Å². The van der Waals surface area contributed by atoms with Gasteiger partial charge in [0, 0.05) is 11.8 Å². The molecule has 7 heteroatoms. The molecule has 2 aromatic rings. The smallest absolute Gasteiger partial charge is 0.417 e. The number of carbonyl (C=O) groups is 1. The first-order valence-electron chi connectivity index (χ1n) is 5.36. The van der Waals surface area contributed by atoms with E-state index in [-0.39, 0.29) is 0 Å². The molecule has 0 unspecified atom stereocenters. The van der Waals surface area contributed by atoms with Crippen LogP contribution in [0.2, 0.25) is 0 Å². The molecule has 1 N–H and O–H groups in total. The first kappa shape index (κ1) is 14.0. The minimum absolute atomic E-state index is 0.499. The van der Waals surface area contributed by atoms with Gasteiger partial charge in [-0.15, -0.1) is 0 Å². The summed E-state index contributed by atoms with van der Waals surface area (Å²) in [5.74, 6) is -2.87. The molecular weight excluding hydrogens is 278 g/mol. The molecule has 2 rings (SSSR count). The van der Waals surface area contributed by atoms with E-state index in [4.69, 9.17) is 5.11 Å². The number of aromatic carboxylic acids is 1. The van der Waals surface area contributed by atoms with Gasteiger partial charge in [0.25, 0.3) is 0 Å². The topological polar surface area (TPSA) is 50.2 Å². The molecule has 0 saturated carbocycles. The van der Waals surface area contributed by atoms with Gasteiger partial charge in [0.2, 0.25) is 0 Å². The minimum atomic E-state index is -4.69. The average molecular weight is 285 g/mol. The van der Waals surface area contributed by atoms with Crippen LogP contribution in [0, 0.1) is 5.82 Å². The van der Waals surface area contributed by atoms with Crippen LogP contribution in [0.5, 0.6) is 0 Å². The molecule has 0 saturated heterocycles. The summed E-state index contributed by atoms with van der Waals surface area (Å²) in [5.41, 5.74) is -2.95. The summed E-state index contributed by atoms with van der Waals surface area (Å²) in [6.45, 7) is 0. The number of pyridine rings is 1. The molecule has 1 heterocycles. The zero-order valence-corrected chi connectivity index (χ0v) is 9.78.